The van der Waals surface area contributed by atoms with Gasteiger partial charge in [-0.1, -0.05) is 35.9 Å². The van der Waals surface area contributed by atoms with Crippen LogP contribution in [0.3, 0.4) is 0 Å². The Bertz CT molecular complexity index is 1500. The van der Waals surface area contributed by atoms with Gasteiger partial charge in [0.05, 0.1) is 10.9 Å². The van der Waals surface area contributed by atoms with Crippen molar-refractivity contribution in [1.29, 1.82) is 0 Å². The molecule has 0 unspecified atom stereocenters. The van der Waals surface area contributed by atoms with E-state index in [2.05, 4.69) is 10.6 Å². The first kappa shape index (κ1) is 22.8. The van der Waals surface area contributed by atoms with Gasteiger partial charge >= 0.3 is 0 Å². The van der Waals surface area contributed by atoms with Crippen molar-refractivity contribution in [1.82, 2.24) is 9.97 Å². The molecule has 0 spiro atoms. The molecule has 5 nitrogen and oxygen atoms in total. The van der Waals surface area contributed by atoms with Crippen molar-refractivity contribution in [2.45, 2.75) is 6.92 Å². The van der Waals surface area contributed by atoms with Crippen molar-refractivity contribution < 1.29 is 4.74 Å². The van der Waals surface area contributed by atoms with Gasteiger partial charge in [0, 0.05) is 22.0 Å². The second kappa shape index (κ2) is 10.1. The summed E-state index contributed by atoms with van der Waals surface area (Å²) >= 11 is 11.4. The lowest BCUT2D eigenvalue weighted by Gasteiger charge is -2.12. The standard InChI is InChI=1S/C28H21ClN4OS/c1-18-5-4-6-23(17-18)34-27-24-7-2-3-8-25(24)32-26(33-27)19-9-13-21(14-10-19)30-28(35)31-22-15-11-20(29)12-16-22/h2-17H,1H3,(H2,30,31,35). The summed E-state index contributed by atoms with van der Waals surface area (Å²) in [6, 6.07) is 30.9. The highest BCUT2D eigenvalue weighted by Crippen LogP contribution is 2.30. The number of aromatic nitrogens is 2. The molecule has 0 fully saturated rings. The van der Waals surface area contributed by atoms with Crippen LogP contribution in [0.15, 0.2) is 97.1 Å². The summed E-state index contributed by atoms with van der Waals surface area (Å²) in [6.07, 6.45) is 0. The van der Waals surface area contributed by atoms with E-state index in [1.807, 2.05) is 104 Å². The molecule has 0 aliphatic rings. The summed E-state index contributed by atoms with van der Waals surface area (Å²) in [7, 11) is 0. The van der Waals surface area contributed by atoms with E-state index in [1.54, 1.807) is 0 Å². The van der Waals surface area contributed by atoms with Crippen molar-refractivity contribution >= 4 is 51.2 Å². The Balaban J connectivity index is 1.38. The lowest BCUT2D eigenvalue weighted by molar-refractivity contribution is 0.468. The molecule has 1 heterocycles. The number of benzene rings is 4. The smallest absolute Gasteiger partial charge is 0.230 e. The molecule has 4 aromatic carbocycles. The van der Waals surface area contributed by atoms with E-state index in [-0.39, 0.29) is 0 Å². The number of thiocarbonyl (C=S) groups is 1. The molecule has 1 aromatic heterocycles. The molecule has 0 aliphatic carbocycles. The van der Waals surface area contributed by atoms with Crippen molar-refractivity contribution in [3.63, 3.8) is 0 Å². The van der Waals surface area contributed by atoms with E-state index < -0.39 is 0 Å². The number of hydrogen-bond acceptors (Lipinski definition) is 4. The Hall–Kier alpha value is -4.00. The Morgan fingerprint density at radius 1 is 0.800 bits per heavy atom. The maximum atomic E-state index is 6.18. The van der Waals surface area contributed by atoms with Crippen LogP contribution in [0.5, 0.6) is 11.6 Å². The molecule has 0 saturated carbocycles. The van der Waals surface area contributed by atoms with Crippen LogP contribution in [0.2, 0.25) is 5.02 Å². The van der Waals surface area contributed by atoms with Crippen LogP contribution in [-0.2, 0) is 0 Å². The fourth-order valence-corrected chi connectivity index (χ4v) is 3.94. The van der Waals surface area contributed by atoms with Crippen molar-refractivity contribution in [2.75, 3.05) is 10.6 Å². The molecular weight excluding hydrogens is 476 g/mol. The maximum absolute atomic E-state index is 6.18. The Morgan fingerprint density at radius 2 is 1.49 bits per heavy atom. The molecule has 0 amide bonds. The van der Waals surface area contributed by atoms with E-state index in [0.717, 1.165) is 39.2 Å². The Kier molecular flexibility index (Phi) is 6.57. The van der Waals surface area contributed by atoms with Gasteiger partial charge in [0.2, 0.25) is 5.88 Å². The molecule has 5 aromatic rings. The van der Waals surface area contributed by atoms with Crippen LogP contribution in [0.4, 0.5) is 11.4 Å². The minimum atomic E-state index is 0.482. The normalized spacial score (nSPS) is 10.7. The third kappa shape index (κ3) is 5.57. The maximum Gasteiger partial charge on any atom is 0.230 e. The lowest BCUT2D eigenvalue weighted by atomic mass is 10.1. The van der Waals surface area contributed by atoms with Gasteiger partial charge in [0.15, 0.2) is 10.9 Å². The van der Waals surface area contributed by atoms with E-state index in [1.165, 1.54) is 0 Å². The van der Waals surface area contributed by atoms with Gasteiger partial charge in [-0.05, 0) is 97.5 Å². The topological polar surface area (TPSA) is 59.1 Å². The minimum absolute atomic E-state index is 0.482. The Morgan fingerprint density at radius 3 is 2.20 bits per heavy atom. The number of aryl methyl sites for hydroxylation is 1. The SMILES string of the molecule is Cc1cccc(Oc2nc(-c3ccc(NC(=S)Nc4ccc(Cl)cc4)cc3)nc3ccccc23)c1. The van der Waals surface area contributed by atoms with Crippen molar-refractivity contribution in [2.24, 2.45) is 0 Å². The summed E-state index contributed by atoms with van der Waals surface area (Å²) in [5.74, 6) is 1.84. The van der Waals surface area contributed by atoms with Gasteiger partial charge in [-0.25, -0.2) is 4.98 Å². The zero-order chi connectivity index (χ0) is 24.2. The lowest BCUT2D eigenvalue weighted by Crippen LogP contribution is -2.18. The molecule has 35 heavy (non-hydrogen) atoms. The molecule has 172 valence electrons. The van der Waals surface area contributed by atoms with Gasteiger partial charge in [-0.2, -0.15) is 4.98 Å². The zero-order valence-electron chi connectivity index (χ0n) is 18.8. The molecular formula is C28H21ClN4OS. The van der Waals surface area contributed by atoms with Gasteiger partial charge in [-0.3, -0.25) is 0 Å². The first-order valence-corrected chi connectivity index (χ1v) is 11.8. The number of nitrogens with zero attached hydrogens (tertiary/aromatic N) is 2. The summed E-state index contributed by atoms with van der Waals surface area (Å²) in [6.45, 7) is 2.03. The number of ether oxygens (including phenoxy) is 1. The van der Waals surface area contributed by atoms with E-state index >= 15 is 0 Å². The van der Waals surface area contributed by atoms with Crippen molar-refractivity contribution in [3.05, 3.63) is 108 Å². The molecule has 0 aliphatic heterocycles. The second-order valence-corrected chi connectivity index (χ2v) is 8.80. The molecule has 7 heteroatoms. The van der Waals surface area contributed by atoms with E-state index in [9.17, 15) is 0 Å². The van der Waals surface area contributed by atoms with Gasteiger partial charge in [0.25, 0.3) is 0 Å². The molecule has 0 saturated heterocycles. The number of fused-ring (bicyclic) bond motifs is 1. The third-order valence-corrected chi connectivity index (χ3v) is 5.73. The molecule has 0 bridgehead atoms. The first-order valence-electron chi connectivity index (χ1n) is 11.0. The largest absolute Gasteiger partial charge is 0.438 e. The van der Waals surface area contributed by atoms with Crippen LogP contribution in [0.25, 0.3) is 22.3 Å². The van der Waals surface area contributed by atoms with Crippen molar-refractivity contribution in [3.8, 4) is 23.0 Å². The highest BCUT2D eigenvalue weighted by Gasteiger charge is 2.12. The molecule has 0 atom stereocenters. The fourth-order valence-electron chi connectivity index (χ4n) is 3.57. The summed E-state index contributed by atoms with van der Waals surface area (Å²) in [4.78, 5) is 9.51. The summed E-state index contributed by atoms with van der Waals surface area (Å²) in [5.41, 5.74) is 4.50. The number of nitrogens with one attached hydrogen (secondary N) is 2. The highest BCUT2D eigenvalue weighted by molar-refractivity contribution is 7.80. The first-order chi connectivity index (χ1) is 17.0. The predicted molar refractivity (Wildman–Crippen MR) is 148 cm³/mol. The number of hydrogen-bond donors (Lipinski definition) is 2. The average molecular weight is 497 g/mol. The highest BCUT2D eigenvalue weighted by atomic mass is 35.5. The van der Waals surface area contributed by atoms with E-state index in [0.29, 0.717) is 21.8 Å². The van der Waals surface area contributed by atoms with Gasteiger partial charge in [-0.15, -0.1) is 0 Å². The summed E-state index contributed by atoms with van der Waals surface area (Å²) < 4.78 is 6.18. The van der Waals surface area contributed by atoms with Crippen LogP contribution in [0, 0.1) is 6.92 Å². The van der Waals surface area contributed by atoms with Crippen LogP contribution in [-0.4, -0.2) is 15.1 Å². The quantitative estimate of drug-likeness (QED) is 0.241. The monoisotopic (exact) mass is 496 g/mol. The van der Waals surface area contributed by atoms with E-state index in [4.69, 9.17) is 38.5 Å². The third-order valence-electron chi connectivity index (χ3n) is 5.28. The fraction of sp³-hybridized carbons (Fsp3) is 0.0357. The van der Waals surface area contributed by atoms with Crippen LogP contribution in [0.1, 0.15) is 5.56 Å². The number of halogens is 1. The van der Waals surface area contributed by atoms with Gasteiger partial charge in [0.1, 0.15) is 5.75 Å². The predicted octanol–water partition coefficient (Wildman–Crippen LogP) is 7.86. The average Bonchev–Trinajstić information content (AvgIpc) is 2.86. The molecule has 2 N–H and O–H groups in total. The van der Waals surface area contributed by atoms with Crippen LogP contribution < -0.4 is 15.4 Å². The zero-order valence-corrected chi connectivity index (χ0v) is 20.4. The second-order valence-electron chi connectivity index (χ2n) is 7.95. The number of anilines is 2. The van der Waals surface area contributed by atoms with Gasteiger partial charge < -0.3 is 15.4 Å². The summed E-state index contributed by atoms with van der Waals surface area (Å²) in [5, 5.41) is 8.34. The van der Waals surface area contributed by atoms with Crippen LogP contribution >= 0.6 is 23.8 Å². The number of para-hydroxylation sites is 1. The molecule has 5 rings (SSSR count). The molecule has 0 radical (unpaired) electrons. The number of rotatable bonds is 5. The minimum Gasteiger partial charge on any atom is -0.438 e. The Labute approximate surface area is 213 Å².